The van der Waals surface area contributed by atoms with Gasteiger partial charge in [0.2, 0.25) is 0 Å². The van der Waals surface area contributed by atoms with E-state index in [0.717, 1.165) is 10.9 Å². The number of nitrogens with one attached hydrogen (secondary N) is 2. The molecule has 8 heteroatoms. The summed E-state index contributed by atoms with van der Waals surface area (Å²) in [6.07, 6.45) is 3.29. The number of carbonyl (C=O) groups is 1. The molecule has 4 aromatic rings. The van der Waals surface area contributed by atoms with Crippen LogP contribution in [-0.2, 0) is 6.54 Å². The molecule has 3 aromatic heterocycles. The highest BCUT2D eigenvalue weighted by Gasteiger charge is 2.11. The van der Waals surface area contributed by atoms with Crippen LogP contribution in [0.2, 0.25) is 0 Å². The Bertz CT molecular complexity index is 1090. The molecule has 0 aliphatic heterocycles. The molecular formula is C16H14N6O2. The third-order valence-electron chi connectivity index (χ3n) is 3.83. The van der Waals surface area contributed by atoms with Crippen LogP contribution in [-0.4, -0.2) is 36.8 Å². The van der Waals surface area contributed by atoms with Crippen molar-refractivity contribution in [3.63, 3.8) is 0 Å². The maximum Gasteiger partial charge on any atom is 0.350 e. The fourth-order valence-electron chi connectivity index (χ4n) is 2.65. The summed E-state index contributed by atoms with van der Waals surface area (Å²) in [6, 6.07) is 10.7. The number of hydrogen-bond acceptors (Lipinski definition) is 4. The summed E-state index contributed by atoms with van der Waals surface area (Å²) in [5, 5.41) is 14.6. The zero-order chi connectivity index (χ0) is 16.5. The van der Waals surface area contributed by atoms with E-state index in [1.54, 1.807) is 36.7 Å². The van der Waals surface area contributed by atoms with Gasteiger partial charge in [-0.2, -0.15) is 5.10 Å². The fraction of sp³-hybridized carbons (Fsp3) is 0.125. The number of rotatable bonds is 4. The van der Waals surface area contributed by atoms with Gasteiger partial charge in [-0.3, -0.25) is 14.3 Å². The number of amides is 1. The molecular weight excluding hydrogens is 308 g/mol. The third-order valence-corrected chi connectivity index (χ3v) is 3.83. The van der Waals surface area contributed by atoms with Crippen LogP contribution in [0.3, 0.4) is 0 Å². The first kappa shape index (κ1) is 14.2. The summed E-state index contributed by atoms with van der Waals surface area (Å²) >= 11 is 0. The summed E-state index contributed by atoms with van der Waals surface area (Å²) in [4.78, 5) is 24.5. The minimum Gasteiger partial charge on any atom is -0.350 e. The lowest BCUT2D eigenvalue weighted by molar-refractivity contribution is 0.0953. The van der Waals surface area contributed by atoms with Gasteiger partial charge < -0.3 is 5.32 Å². The second-order valence-electron chi connectivity index (χ2n) is 5.33. The maximum absolute atomic E-state index is 12.3. The molecule has 0 unspecified atom stereocenters. The van der Waals surface area contributed by atoms with Crippen molar-refractivity contribution >= 4 is 22.5 Å². The van der Waals surface area contributed by atoms with Crippen molar-refractivity contribution in [2.75, 3.05) is 6.54 Å². The summed E-state index contributed by atoms with van der Waals surface area (Å²) in [5.41, 5.74) is 1.71. The minimum absolute atomic E-state index is 0.209. The van der Waals surface area contributed by atoms with E-state index in [1.165, 1.54) is 9.08 Å². The summed E-state index contributed by atoms with van der Waals surface area (Å²) < 4.78 is 2.81. The molecule has 0 saturated carbocycles. The van der Waals surface area contributed by atoms with Crippen molar-refractivity contribution in [3.05, 3.63) is 64.8 Å². The fourth-order valence-corrected chi connectivity index (χ4v) is 2.65. The topological polar surface area (TPSA) is 97.1 Å². The van der Waals surface area contributed by atoms with Gasteiger partial charge in [0, 0.05) is 18.1 Å². The number of pyridine rings is 1. The van der Waals surface area contributed by atoms with E-state index >= 15 is 0 Å². The van der Waals surface area contributed by atoms with Crippen LogP contribution in [0.15, 0.2) is 53.6 Å². The molecule has 0 saturated heterocycles. The number of carbonyl (C=O) groups excluding carboxylic acids is 1. The molecule has 120 valence electrons. The Balaban J connectivity index is 1.49. The smallest absolute Gasteiger partial charge is 0.350 e. The second-order valence-corrected chi connectivity index (χ2v) is 5.33. The van der Waals surface area contributed by atoms with Crippen LogP contribution >= 0.6 is 0 Å². The number of aromatic nitrogens is 5. The summed E-state index contributed by atoms with van der Waals surface area (Å²) in [7, 11) is 0. The van der Waals surface area contributed by atoms with Crippen molar-refractivity contribution in [2.45, 2.75) is 6.54 Å². The van der Waals surface area contributed by atoms with E-state index in [0.29, 0.717) is 24.3 Å². The highest BCUT2D eigenvalue weighted by atomic mass is 16.2. The van der Waals surface area contributed by atoms with Gasteiger partial charge in [0.1, 0.15) is 0 Å². The molecule has 4 rings (SSSR count). The lowest BCUT2D eigenvalue weighted by Gasteiger charge is -2.05. The predicted octanol–water partition coefficient (Wildman–Crippen LogP) is 0.802. The Morgan fingerprint density at radius 3 is 3.00 bits per heavy atom. The Hall–Kier alpha value is -3.42. The lowest BCUT2D eigenvalue weighted by atomic mass is 10.1. The van der Waals surface area contributed by atoms with Crippen LogP contribution < -0.4 is 11.0 Å². The Morgan fingerprint density at radius 2 is 2.12 bits per heavy atom. The second kappa shape index (κ2) is 5.65. The number of benzene rings is 1. The molecule has 0 aliphatic rings. The van der Waals surface area contributed by atoms with Crippen LogP contribution in [0.5, 0.6) is 0 Å². The Labute approximate surface area is 135 Å². The third kappa shape index (κ3) is 2.34. The van der Waals surface area contributed by atoms with E-state index < -0.39 is 0 Å². The monoisotopic (exact) mass is 322 g/mol. The van der Waals surface area contributed by atoms with Gasteiger partial charge in [-0.25, -0.2) is 9.48 Å². The molecule has 3 heterocycles. The number of nitrogens with zero attached hydrogens (tertiary/aromatic N) is 4. The molecule has 0 atom stereocenters. The number of fused-ring (bicyclic) bond motifs is 2. The van der Waals surface area contributed by atoms with Crippen molar-refractivity contribution in [1.29, 1.82) is 0 Å². The van der Waals surface area contributed by atoms with Crippen molar-refractivity contribution in [1.82, 2.24) is 29.7 Å². The van der Waals surface area contributed by atoms with Crippen molar-refractivity contribution < 1.29 is 4.79 Å². The van der Waals surface area contributed by atoms with Crippen LogP contribution in [0.1, 0.15) is 10.4 Å². The SMILES string of the molecule is O=C(NCCn1nc2ccccn2c1=O)c1cccc2[nH]ncc12. The van der Waals surface area contributed by atoms with Crippen LogP contribution in [0.4, 0.5) is 0 Å². The first-order valence-corrected chi connectivity index (χ1v) is 7.48. The molecule has 8 nitrogen and oxygen atoms in total. The zero-order valence-corrected chi connectivity index (χ0v) is 12.6. The lowest BCUT2D eigenvalue weighted by Crippen LogP contribution is -2.31. The first-order valence-electron chi connectivity index (χ1n) is 7.48. The molecule has 24 heavy (non-hydrogen) atoms. The van der Waals surface area contributed by atoms with Gasteiger partial charge in [0.25, 0.3) is 5.91 Å². The number of H-pyrrole nitrogens is 1. The normalized spacial score (nSPS) is 11.2. The molecule has 0 aliphatic carbocycles. The Morgan fingerprint density at radius 1 is 1.21 bits per heavy atom. The van der Waals surface area contributed by atoms with Gasteiger partial charge >= 0.3 is 5.69 Å². The Kier molecular flexibility index (Phi) is 3.34. The van der Waals surface area contributed by atoms with Crippen LogP contribution in [0.25, 0.3) is 16.6 Å². The molecule has 1 aromatic carbocycles. The molecule has 0 radical (unpaired) electrons. The largest absolute Gasteiger partial charge is 0.350 e. The molecule has 1 amide bonds. The minimum atomic E-state index is -0.225. The quantitative estimate of drug-likeness (QED) is 0.581. The van der Waals surface area contributed by atoms with E-state index in [9.17, 15) is 9.59 Å². The van der Waals surface area contributed by atoms with E-state index in [-0.39, 0.29) is 11.6 Å². The summed E-state index contributed by atoms with van der Waals surface area (Å²) in [5.74, 6) is -0.209. The maximum atomic E-state index is 12.3. The van der Waals surface area contributed by atoms with Gasteiger partial charge in [-0.05, 0) is 24.3 Å². The van der Waals surface area contributed by atoms with E-state index in [4.69, 9.17) is 0 Å². The average Bonchev–Trinajstić information content (AvgIpc) is 3.20. The zero-order valence-electron chi connectivity index (χ0n) is 12.6. The highest BCUT2D eigenvalue weighted by Crippen LogP contribution is 2.15. The highest BCUT2D eigenvalue weighted by molar-refractivity contribution is 6.05. The molecule has 0 fully saturated rings. The van der Waals surface area contributed by atoms with E-state index in [2.05, 4.69) is 20.6 Å². The van der Waals surface area contributed by atoms with Crippen LogP contribution in [0, 0.1) is 0 Å². The number of aromatic amines is 1. The average molecular weight is 322 g/mol. The standard InChI is InChI=1S/C16H14N6O2/c23-15(11-4-3-5-13-12(11)10-18-19-13)17-7-9-22-16(24)21-8-2-1-6-14(21)20-22/h1-6,8,10H,7,9H2,(H,17,23)(H,18,19). The predicted molar refractivity (Wildman–Crippen MR) is 87.9 cm³/mol. The molecule has 0 bridgehead atoms. The molecule has 0 spiro atoms. The molecule has 2 N–H and O–H groups in total. The van der Waals surface area contributed by atoms with Gasteiger partial charge in [-0.1, -0.05) is 12.1 Å². The van der Waals surface area contributed by atoms with Crippen molar-refractivity contribution in [3.8, 4) is 0 Å². The van der Waals surface area contributed by atoms with Gasteiger partial charge in [-0.15, -0.1) is 5.10 Å². The van der Waals surface area contributed by atoms with Gasteiger partial charge in [0.15, 0.2) is 5.65 Å². The van der Waals surface area contributed by atoms with Gasteiger partial charge in [0.05, 0.1) is 23.8 Å². The number of hydrogen-bond donors (Lipinski definition) is 2. The van der Waals surface area contributed by atoms with E-state index in [1.807, 2.05) is 12.1 Å². The first-order chi connectivity index (χ1) is 11.7. The van der Waals surface area contributed by atoms with Crippen molar-refractivity contribution in [2.24, 2.45) is 0 Å². The summed E-state index contributed by atoms with van der Waals surface area (Å²) in [6.45, 7) is 0.602.